The van der Waals surface area contributed by atoms with Gasteiger partial charge in [-0.15, -0.1) is 0 Å². The molecule has 9 nitrogen and oxygen atoms in total. The third-order valence-corrected chi connectivity index (χ3v) is 3.79. The van der Waals surface area contributed by atoms with Crippen LogP contribution in [0.25, 0.3) is 0 Å². The molecular formula is C10H15N3O6S. The van der Waals surface area contributed by atoms with E-state index >= 15 is 0 Å². The number of carbonyl (C=O) groups excluding carboxylic acids is 2. The lowest BCUT2D eigenvalue weighted by Gasteiger charge is -2.08. The van der Waals surface area contributed by atoms with Gasteiger partial charge in [-0.05, 0) is 6.92 Å². The van der Waals surface area contributed by atoms with Gasteiger partial charge in [0.05, 0.1) is 19.9 Å². The first-order valence-electron chi connectivity index (χ1n) is 5.59. The Kier molecular flexibility index (Phi) is 5.22. The number of aryl methyl sites for hydroxylation is 1. The fraction of sp³-hybridized carbons (Fsp3) is 0.500. The van der Waals surface area contributed by atoms with Crippen LogP contribution in [0.4, 0.5) is 0 Å². The highest BCUT2D eigenvalue weighted by molar-refractivity contribution is 7.89. The zero-order chi connectivity index (χ0) is 15.3. The molecule has 0 unspecified atom stereocenters. The largest absolute Gasteiger partial charge is 0.468 e. The lowest BCUT2D eigenvalue weighted by atomic mass is 10.4. The Morgan fingerprint density at radius 3 is 2.65 bits per heavy atom. The molecule has 1 N–H and O–H groups in total. The normalized spacial score (nSPS) is 11.2. The van der Waals surface area contributed by atoms with Crippen molar-refractivity contribution in [2.45, 2.75) is 11.9 Å². The molecule has 0 aliphatic carbocycles. The fourth-order valence-electron chi connectivity index (χ4n) is 1.39. The summed E-state index contributed by atoms with van der Waals surface area (Å²) in [5.41, 5.74) is -0.202. The number of sulfonamides is 1. The second-order valence-corrected chi connectivity index (χ2v) is 5.29. The van der Waals surface area contributed by atoms with Gasteiger partial charge in [-0.1, -0.05) is 0 Å². The van der Waals surface area contributed by atoms with Crippen LogP contribution in [0, 0.1) is 0 Å². The van der Waals surface area contributed by atoms with Gasteiger partial charge in [0.1, 0.15) is 12.1 Å². The van der Waals surface area contributed by atoms with Crippen molar-refractivity contribution in [2.75, 3.05) is 20.3 Å². The van der Waals surface area contributed by atoms with Crippen LogP contribution >= 0.6 is 0 Å². The van der Waals surface area contributed by atoms with Gasteiger partial charge in [0.2, 0.25) is 0 Å². The molecule has 1 rings (SSSR count). The van der Waals surface area contributed by atoms with Crippen molar-refractivity contribution in [1.29, 1.82) is 0 Å². The first-order valence-corrected chi connectivity index (χ1v) is 7.07. The number of nitrogens with zero attached hydrogens (tertiary/aromatic N) is 2. The summed E-state index contributed by atoms with van der Waals surface area (Å²) in [5.74, 6) is -1.56. The molecule has 0 fully saturated rings. The summed E-state index contributed by atoms with van der Waals surface area (Å²) in [6, 6.07) is 0. The maximum atomic E-state index is 12.1. The number of methoxy groups -OCH3 is 1. The number of nitrogens with one attached hydrogen (secondary N) is 1. The highest BCUT2D eigenvalue weighted by atomic mass is 32.2. The number of carbonyl (C=O) groups is 2. The highest BCUT2D eigenvalue weighted by Gasteiger charge is 2.28. The van der Waals surface area contributed by atoms with E-state index in [1.807, 2.05) is 4.72 Å². The molecule has 0 bridgehead atoms. The molecule has 0 saturated carbocycles. The minimum absolute atomic E-state index is 0.100. The molecule has 0 aromatic carbocycles. The smallest absolute Gasteiger partial charge is 0.342 e. The molecule has 0 saturated heterocycles. The van der Waals surface area contributed by atoms with Gasteiger partial charge >= 0.3 is 11.9 Å². The molecule has 1 aromatic heterocycles. The van der Waals surface area contributed by atoms with Crippen LogP contribution in [0.5, 0.6) is 0 Å². The standard InChI is InChI=1S/C10H15N3O6S/c1-4-19-10(15)7-5-11-13(2)9(7)20(16,17)12-6-8(14)18-3/h5,12H,4,6H2,1-3H3. The topological polar surface area (TPSA) is 117 Å². The average molecular weight is 305 g/mol. The summed E-state index contributed by atoms with van der Waals surface area (Å²) in [6.07, 6.45) is 1.09. The number of ether oxygens (including phenoxy) is 2. The van der Waals surface area contributed by atoms with Crippen molar-refractivity contribution in [3.63, 3.8) is 0 Å². The fourth-order valence-corrected chi connectivity index (χ4v) is 2.65. The molecular weight excluding hydrogens is 290 g/mol. The van der Waals surface area contributed by atoms with Gasteiger partial charge < -0.3 is 9.47 Å². The van der Waals surface area contributed by atoms with Gasteiger partial charge in [0.25, 0.3) is 10.0 Å². The maximum Gasteiger partial charge on any atom is 0.342 e. The molecule has 1 aromatic rings. The van der Waals surface area contributed by atoms with Crippen molar-refractivity contribution < 1.29 is 27.5 Å². The predicted octanol–water partition coefficient (Wildman–Crippen LogP) is -0.952. The SMILES string of the molecule is CCOC(=O)c1cnn(C)c1S(=O)(=O)NCC(=O)OC. The van der Waals surface area contributed by atoms with Gasteiger partial charge in [0, 0.05) is 7.05 Å². The second-order valence-electron chi connectivity index (χ2n) is 3.61. The van der Waals surface area contributed by atoms with Crippen molar-refractivity contribution in [1.82, 2.24) is 14.5 Å². The quantitative estimate of drug-likeness (QED) is 0.673. The molecule has 112 valence electrons. The van der Waals surface area contributed by atoms with Gasteiger partial charge in [-0.3, -0.25) is 9.48 Å². The van der Waals surface area contributed by atoms with Crippen LogP contribution in [0.15, 0.2) is 11.2 Å². The number of hydrogen-bond acceptors (Lipinski definition) is 7. The molecule has 1 heterocycles. The summed E-state index contributed by atoms with van der Waals surface area (Å²) >= 11 is 0. The summed E-state index contributed by atoms with van der Waals surface area (Å²) in [5, 5.41) is 3.34. The van der Waals surface area contributed by atoms with E-state index in [9.17, 15) is 18.0 Å². The Bertz CT molecular complexity index is 607. The van der Waals surface area contributed by atoms with E-state index in [-0.39, 0.29) is 17.2 Å². The molecule has 10 heteroatoms. The van der Waals surface area contributed by atoms with Crippen molar-refractivity contribution in [3.8, 4) is 0 Å². The predicted molar refractivity (Wildman–Crippen MR) is 66.4 cm³/mol. The van der Waals surface area contributed by atoms with E-state index in [0.717, 1.165) is 18.0 Å². The molecule has 0 amide bonds. The van der Waals surface area contributed by atoms with E-state index < -0.39 is 28.5 Å². The van der Waals surface area contributed by atoms with Crippen LogP contribution in [-0.4, -0.2) is 50.4 Å². The second kappa shape index (κ2) is 6.48. The summed E-state index contributed by atoms with van der Waals surface area (Å²) in [7, 11) is -1.61. The van der Waals surface area contributed by atoms with Gasteiger partial charge in [-0.2, -0.15) is 9.82 Å². The molecule has 0 radical (unpaired) electrons. The highest BCUT2D eigenvalue weighted by Crippen LogP contribution is 2.15. The van der Waals surface area contributed by atoms with Crippen molar-refractivity contribution >= 4 is 22.0 Å². The number of aromatic nitrogens is 2. The molecule has 0 atom stereocenters. The molecule has 0 spiro atoms. The zero-order valence-corrected chi connectivity index (χ0v) is 12.1. The maximum absolute atomic E-state index is 12.1. The Hall–Kier alpha value is -1.94. The first-order chi connectivity index (χ1) is 9.33. The van der Waals surface area contributed by atoms with E-state index in [4.69, 9.17) is 4.74 Å². The Morgan fingerprint density at radius 2 is 2.10 bits per heavy atom. The van der Waals surface area contributed by atoms with Crippen LogP contribution in [0.2, 0.25) is 0 Å². The summed E-state index contributed by atoms with van der Waals surface area (Å²) < 4.78 is 36.3. The Morgan fingerprint density at radius 1 is 1.45 bits per heavy atom. The monoisotopic (exact) mass is 305 g/mol. The van der Waals surface area contributed by atoms with E-state index in [1.54, 1.807) is 6.92 Å². The summed E-state index contributed by atoms with van der Waals surface area (Å²) in [4.78, 5) is 22.6. The lowest BCUT2D eigenvalue weighted by molar-refractivity contribution is -0.139. The number of esters is 2. The zero-order valence-electron chi connectivity index (χ0n) is 11.2. The lowest BCUT2D eigenvalue weighted by Crippen LogP contribution is -2.32. The average Bonchev–Trinajstić information content (AvgIpc) is 2.79. The molecule has 20 heavy (non-hydrogen) atoms. The molecule has 0 aliphatic heterocycles. The first kappa shape index (κ1) is 16.1. The Balaban J connectivity index is 3.08. The van der Waals surface area contributed by atoms with E-state index in [2.05, 4.69) is 9.84 Å². The number of hydrogen-bond donors (Lipinski definition) is 1. The number of rotatable bonds is 6. The molecule has 0 aliphatic rings. The summed E-state index contributed by atoms with van der Waals surface area (Å²) in [6.45, 7) is 1.15. The van der Waals surface area contributed by atoms with Crippen LogP contribution < -0.4 is 4.72 Å². The third kappa shape index (κ3) is 3.54. The van der Waals surface area contributed by atoms with Crippen LogP contribution in [0.3, 0.4) is 0 Å². The Labute approximate surface area is 115 Å². The minimum Gasteiger partial charge on any atom is -0.468 e. The van der Waals surface area contributed by atoms with E-state index in [1.165, 1.54) is 7.05 Å². The van der Waals surface area contributed by atoms with Crippen LogP contribution in [-0.2, 0) is 31.3 Å². The van der Waals surface area contributed by atoms with Crippen molar-refractivity contribution in [2.24, 2.45) is 7.05 Å². The van der Waals surface area contributed by atoms with Gasteiger partial charge in [0.15, 0.2) is 5.03 Å². The third-order valence-electron chi connectivity index (χ3n) is 2.27. The van der Waals surface area contributed by atoms with Crippen molar-refractivity contribution in [3.05, 3.63) is 11.8 Å². The minimum atomic E-state index is -4.10. The van der Waals surface area contributed by atoms with Crippen LogP contribution in [0.1, 0.15) is 17.3 Å². The van der Waals surface area contributed by atoms with E-state index in [0.29, 0.717) is 0 Å². The van der Waals surface area contributed by atoms with Gasteiger partial charge in [-0.25, -0.2) is 13.2 Å².